The smallest absolute Gasteiger partial charge is 0.237 e. The van der Waals surface area contributed by atoms with Crippen molar-refractivity contribution in [2.24, 2.45) is 5.92 Å². The average Bonchev–Trinajstić information content (AvgIpc) is 3.57. The van der Waals surface area contributed by atoms with Crippen molar-refractivity contribution in [3.8, 4) is 11.6 Å². The molecule has 0 bridgehead atoms. The quantitative estimate of drug-likeness (QED) is 0.445. The second kappa shape index (κ2) is 8.70. The second-order valence-electron chi connectivity index (χ2n) is 7.82. The van der Waals surface area contributed by atoms with Crippen molar-refractivity contribution >= 4 is 29.0 Å². The molecule has 1 fully saturated rings. The number of benzene rings is 2. The summed E-state index contributed by atoms with van der Waals surface area (Å²) in [6.45, 7) is 0. The maximum absolute atomic E-state index is 14.6. The van der Waals surface area contributed by atoms with Gasteiger partial charge in [0.15, 0.2) is 23.0 Å². The predicted octanol–water partition coefficient (Wildman–Crippen LogP) is 4.19. The average molecular weight is 445 g/mol. The van der Waals surface area contributed by atoms with Gasteiger partial charge in [-0.2, -0.15) is 0 Å². The van der Waals surface area contributed by atoms with E-state index in [-0.39, 0.29) is 35.8 Å². The van der Waals surface area contributed by atoms with Gasteiger partial charge in [-0.25, -0.2) is 13.9 Å². The first-order chi connectivity index (χ1) is 16.0. The first-order valence-corrected chi connectivity index (χ1v) is 10.5. The molecular weight excluding hydrogens is 425 g/mol. The van der Waals surface area contributed by atoms with Crippen molar-refractivity contribution in [2.75, 3.05) is 10.6 Å². The molecule has 1 aliphatic rings. The van der Waals surface area contributed by atoms with Crippen LogP contribution >= 0.6 is 0 Å². The fraction of sp³-hybridized carbons (Fsp3) is 0.167. The van der Waals surface area contributed by atoms with Gasteiger partial charge in [0.1, 0.15) is 0 Å². The molecule has 0 saturated heterocycles. The van der Waals surface area contributed by atoms with E-state index in [2.05, 4.69) is 20.7 Å². The topological polar surface area (TPSA) is 97.6 Å². The van der Waals surface area contributed by atoms with E-state index in [4.69, 9.17) is 4.74 Å². The van der Waals surface area contributed by atoms with E-state index in [1.54, 1.807) is 24.4 Å². The summed E-state index contributed by atoms with van der Waals surface area (Å²) in [7, 11) is 0. The minimum atomic E-state index is -0.641. The molecule has 4 aromatic rings. The number of hydrogen-bond acceptors (Lipinski definition) is 5. The van der Waals surface area contributed by atoms with Crippen molar-refractivity contribution < 1.29 is 18.7 Å². The number of nitrogens with one attached hydrogen (secondary N) is 2. The Labute approximate surface area is 188 Å². The summed E-state index contributed by atoms with van der Waals surface area (Å²) in [6, 6.07) is 16.7. The van der Waals surface area contributed by atoms with Gasteiger partial charge in [0.2, 0.25) is 17.7 Å². The Hall–Kier alpha value is -4.27. The minimum absolute atomic E-state index is 0.0368. The number of fused-ring (bicyclic) bond motifs is 1. The van der Waals surface area contributed by atoms with Gasteiger partial charge in [-0.15, -0.1) is 5.10 Å². The third-order valence-corrected chi connectivity index (χ3v) is 5.13. The zero-order chi connectivity index (χ0) is 22.8. The number of rotatable bonds is 7. The molecule has 5 rings (SSSR count). The zero-order valence-corrected chi connectivity index (χ0v) is 17.5. The summed E-state index contributed by atoms with van der Waals surface area (Å²) in [5, 5.41) is 9.70. The SMILES string of the molecule is O=C(Cc1ccccc1)Nc1ccc(Oc2ccc3nc(NC(=O)C4CC4)cn3n2)c(F)c1. The molecule has 166 valence electrons. The van der Waals surface area contributed by atoms with Crippen LogP contribution in [0.5, 0.6) is 11.6 Å². The molecular formula is C24H20FN5O3. The van der Waals surface area contributed by atoms with E-state index in [0.29, 0.717) is 17.2 Å². The maximum atomic E-state index is 14.6. The Bertz CT molecular complexity index is 1330. The van der Waals surface area contributed by atoms with Crippen LogP contribution in [0.1, 0.15) is 18.4 Å². The van der Waals surface area contributed by atoms with Crippen LogP contribution in [-0.2, 0) is 16.0 Å². The van der Waals surface area contributed by atoms with Crippen molar-refractivity contribution in [1.82, 2.24) is 14.6 Å². The molecule has 2 aromatic heterocycles. The van der Waals surface area contributed by atoms with Crippen LogP contribution in [0, 0.1) is 11.7 Å². The van der Waals surface area contributed by atoms with Crippen LogP contribution < -0.4 is 15.4 Å². The lowest BCUT2D eigenvalue weighted by Gasteiger charge is -2.09. The molecule has 0 spiro atoms. The zero-order valence-electron chi connectivity index (χ0n) is 17.5. The normalized spacial score (nSPS) is 13.0. The highest BCUT2D eigenvalue weighted by atomic mass is 19.1. The molecule has 2 aromatic carbocycles. The Balaban J connectivity index is 1.24. The van der Waals surface area contributed by atoms with Crippen LogP contribution in [0.4, 0.5) is 15.9 Å². The van der Waals surface area contributed by atoms with E-state index >= 15 is 0 Å². The molecule has 0 unspecified atom stereocenters. The molecule has 0 atom stereocenters. The first-order valence-electron chi connectivity index (χ1n) is 10.5. The standard InChI is InChI=1S/C24H20FN5O3/c25-18-13-17(26-22(31)12-15-4-2-1-3-5-15)8-9-19(18)33-23-11-10-21-27-20(14-30(21)29-23)28-24(32)16-6-7-16/h1-5,8-11,13-14,16H,6-7,12H2,(H,26,31)(H,28,32). The number of carbonyl (C=O) groups is 2. The van der Waals surface area contributed by atoms with Crippen LogP contribution in [0.25, 0.3) is 5.65 Å². The highest BCUT2D eigenvalue weighted by molar-refractivity contribution is 5.93. The number of ether oxygens (including phenoxy) is 1. The molecule has 2 N–H and O–H groups in total. The molecule has 8 nitrogen and oxygen atoms in total. The van der Waals surface area contributed by atoms with Gasteiger partial charge in [0, 0.05) is 23.7 Å². The molecule has 1 saturated carbocycles. The molecule has 0 radical (unpaired) electrons. The maximum Gasteiger partial charge on any atom is 0.237 e. The highest BCUT2D eigenvalue weighted by Crippen LogP contribution is 2.30. The van der Waals surface area contributed by atoms with Gasteiger partial charge < -0.3 is 15.4 Å². The Kier molecular flexibility index (Phi) is 5.43. The van der Waals surface area contributed by atoms with Crippen LogP contribution in [0.2, 0.25) is 0 Å². The van der Waals surface area contributed by atoms with Gasteiger partial charge >= 0.3 is 0 Å². The van der Waals surface area contributed by atoms with Gasteiger partial charge in [0.25, 0.3) is 0 Å². The number of carbonyl (C=O) groups excluding carboxylic acids is 2. The third-order valence-electron chi connectivity index (χ3n) is 5.13. The molecule has 33 heavy (non-hydrogen) atoms. The van der Waals surface area contributed by atoms with Crippen LogP contribution in [0.15, 0.2) is 66.9 Å². The number of hydrogen-bond donors (Lipinski definition) is 2. The molecule has 1 aliphatic carbocycles. The second-order valence-corrected chi connectivity index (χ2v) is 7.82. The highest BCUT2D eigenvalue weighted by Gasteiger charge is 2.30. The van der Waals surface area contributed by atoms with Gasteiger partial charge in [-0.3, -0.25) is 9.59 Å². The van der Waals surface area contributed by atoms with Crippen molar-refractivity contribution in [1.29, 1.82) is 0 Å². The summed E-state index contributed by atoms with van der Waals surface area (Å²) in [5.41, 5.74) is 1.71. The summed E-state index contributed by atoms with van der Waals surface area (Å²) in [4.78, 5) is 28.4. The van der Waals surface area contributed by atoms with E-state index in [1.165, 1.54) is 16.6 Å². The minimum Gasteiger partial charge on any atom is -0.434 e. The summed E-state index contributed by atoms with van der Waals surface area (Å²) in [5.74, 6) is -0.351. The van der Waals surface area contributed by atoms with Gasteiger partial charge in [-0.05, 0) is 36.6 Å². The van der Waals surface area contributed by atoms with Gasteiger partial charge in [-0.1, -0.05) is 30.3 Å². The van der Waals surface area contributed by atoms with Gasteiger partial charge in [0.05, 0.1) is 12.6 Å². The number of aromatic nitrogens is 3. The summed E-state index contributed by atoms with van der Waals surface area (Å²) < 4.78 is 21.6. The van der Waals surface area contributed by atoms with E-state index in [0.717, 1.165) is 18.4 Å². The summed E-state index contributed by atoms with van der Waals surface area (Å²) >= 11 is 0. The molecule has 2 amide bonds. The largest absolute Gasteiger partial charge is 0.434 e. The number of anilines is 2. The van der Waals surface area contributed by atoms with Crippen LogP contribution in [-0.4, -0.2) is 26.4 Å². The number of imidazole rings is 1. The van der Waals surface area contributed by atoms with E-state index < -0.39 is 5.82 Å². The van der Waals surface area contributed by atoms with E-state index in [1.807, 2.05) is 30.3 Å². The first kappa shape index (κ1) is 20.6. The summed E-state index contributed by atoms with van der Waals surface area (Å²) in [6.07, 6.45) is 3.57. The number of halogens is 1. The number of nitrogens with zero attached hydrogens (tertiary/aromatic N) is 3. The number of amides is 2. The molecule has 0 aliphatic heterocycles. The van der Waals surface area contributed by atoms with Crippen molar-refractivity contribution in [3.63, 3.8) is 0 Å². The molecule has 2 heterocycles. The third kappa shape index (κ3) is 4.98. The Morgan fingerprint density at radius 3 is 2.64 bits per heavy atom. The Morgan fingerprint density at radius 1 is 1.06 bits per heavy atom. The Morgan fingerprint density at radius 2 is 1.88 bits per heavy atom. The lowest BCUT2D eigenvalue weighted by Crippen LogP contribution is -2.14. The molecule has 9 heteroatoms. The van der Waals surface area contributed by atoms with Crippen LogP contribution in [0.3, 0.4) is 0 Å². The monoisotopic (exact) mass is 445 g/mol. The predicted molar refractivity (Wildman–Crippen MR) is 120 cm³/mol. The fourth-order valence-electron chi connectivity index (χ4n) is 3.31. The fourth-order valence-corrected chi connectivity index (χ4v) is 3.31. The van der Waals surface area contributed by atoms with E-state index in [9.17, 15) is 14.0 Å². The lowest BCUT2D eigenvalue weighted by molar-refractivity contribution is -0.117. The van der Waals surface area contributed by atoms with Crippen molar-refractivity contribution in [3.05, 3.63) is 78.2 Å². The lowest BCUT2D eigenvalue weighted by atomic mass is 10.1. The van der Waals surface area contributed by atoms with Crippen molar-refractivity contribution in [2.45, 2.75) is 19.3 Å².